The SMILES string of the molecule is CC(C)n1nc(C(=O)NCCC23CC4CC(CC(C4)C2)C3)c2ccccc2c1=O. The summed E-state index contributed by atoms with van der Waals surface area (Å²) in [5.41, 5.74) is 0.675. The van der Waals surface area contributed by atoms with Crippen LogP contribution in [-0.4, -0.2) is 22.2 Å². The molecule has 4 bridgehead atoms. The van der Waals surface area contributed by atoms with Gasteiger partial charge < -0.3 is 5.32 Å². The first-order valence-electron chi connectivity index (χ1n) is 11.2. The molecule has 1 amide bonds. The van der Waals surface area contributed by atoms with Crippen molar-refractivity contribution in [1.82, 2.24) is 15.1 Å². The third-order valence-corrected chi connectivity index (χ3v) is 7.64. The van der Waals surface area contributed by atoms with Gasteiger partial charge in [0.2, 0.25) is 0 Å². The van der Waals surface area contributed by atoms with E-state index >= 15 is 0 Å². The molecular weight excluding hydrogens is 362 g/mol. The lowest BCUT2D eigenvalue weighted by atomic mass is 9.49. The Labute approximate surface area is 171 Å². The van der Waals surface area contributed by atoms with Crippen LogP contribution in [0.2, 0.25) is 0 Å². The number of benzene rings is 1. The summed E-state index contributed by atoms with van der Waals surface area (Å²) in [6, 6.07) is 7.21. The van der Waals surface area contributed by atoms with E-state index < -0.39 is 0 Å². The Morgan fingerprint density at radius 1 is 1.10 bits per heavy atom. The van der Waals surface area contributed by atoms with E-state index in [-0.39, 0.29) is 17.5 Å². The lowest BCUT2D eigenvalue weighted by Gasteiger charge is -2.57. The summed E-state index contributed by atoms with van der Waals surface area (Å²) >= 11 is 0. The number of hydrogen-bond donors (Lipinski definition) is 1. The van der Waals surface area contributed by atoms with E-state index in [1.807, 2.05) is 32.0 Å². The molecule has 0 unspecified atom stereocenters. The zero-order valence-corrected chi connectivity index (χ0v) is 17.5. The Morgan fingerprint density at radius 2 is 1.69 bits per heavy atom. The van der Waals surface area contributed by atoms with Crippen molar-refractivity contribution in [3.8, 4) is 0 Å². The van der Waals surface area contributed by atoms with Gasteiger partial charge in [-0.25, -0.2) is 4.68 Å². The fourth-order valence-corrected chi connectivity index (χ4v) is 6.85. The zero-order chi connectivity index (χ0) is 20.2. The van der Waals surface area contributed by atoms with E-state index in [2.05, 4.69) is 10.4 Å². The number of aromatic nitrogens is 2. The molecule has 5 heteroatoms. The fourth-order valence-electron chi connectivity index (χ4n) is 6.85. The van der Waals surface area contributed by atoms with Gasteiger partial charge in [0.05, 0.1) is 11.4 Å². The lowest BCUT2D eigenvalue weighted by Crippen LogP contribution is -2.47. The number of nitrogens with zero attached hydrogens (tertiary/aromatic N) is 2. The summed E-state index contributed by atoms with van der Waals surface area (Å²) in [6.07, 6.45) is 9.47. The Hall–Kier alpha value is -2.17. The summed E-state index contributed by atoms with van der Waals surface area (Å²) in [7, 11) is 0. The van der Waals surface area contributed by atoms with E-state index in [1.165, 1.54) is 43.2 Å². The molecule has 1 heterocycles. The molecular formula is C24H31N3O2. The first-order valence-corrected chi connectivity index (χ1v) is 11.2. The van der Waals surface area contributed by atoms with Crippen molar-refractivity contribution in [2.24, 2.45) is 23.2 Å². The van der Waals surface area contributed by atoms with Gasteiger partial charge >= 0.3 is 0 Å². The summed E-state index contributed by atoms with van der Waals surface area (Å²) in [6.45, 7) is 4.53. The molecule has 2 aromatic rings. The monoisotopic (exact) mass is 393 g/mol. The molecule has 0 aliphatic heterocycles. The number of hydrogen-bond acceptors (Lipinski definition) is 3. The van der Waals surface area contributed by atoms with Gasteiger partial charge in [0, 0.05) is 11.9 Å². The number of carbonyl (C=O) groups is 1. The summed E-state index contributed by atoms with van der Waals surface area (Å²) in [5.74, 6) is 2.62. The van der Waals surface area contributed by atoms with Crippen LogP contribution >= 0.6 is 0 Å². The topological polar surface area (TPSA) is 64.0 Å². The molecule has 1 aromatic carbocycles. The maximum Gasteiger partial charge on any atom is 0.274 e. The number of fused-ring (bicyclic) bond motifs is 1. The van der Waals surface area contributed by atoms with E-state index in [4.69, 9.17) is 0 Å². The number of carbonyl (C=O) groups excluding carboxylic acids is 1. The quantitative estimate of drug-likeness (QED) is 0.823. The van der Waals surface area contributed by atoms with Crippen LogP contribution in [0.4, 0.5) is 0 Å². The second kappa shape index (κ2) is 6.96. The van der Waals surface area contributed by atoms with Crippen molar-refractivity contribution < 1.29 is 4.79 Å². The lowest BCUT2D eigenvalue weighted by molar-refractivity contribution is -0.0564. The predicted molar refractivity (Wildman–Crippen MR) is 114 cm³/mol. The smallest absolute Gasteiger partial charge is 0.274 e. The van der Waals surface area contributed by atoms with E-state index in [9.17, 15) is 9.59 Å². The number of amides is 1. The van der Waals surface area contributed by atoms with E-state index in [1.54, 1.807) is 6.07 Å². The average Bonchev–Trinajstić information content (AvgIpc) is 2.67. The van der Waals surface area contributed by atoms with Crippen molar-refractivity contribution in [2.45, 2.75) is 64.8 Å². The Morgan fingerprint density at radius 3 is 2.28 bits per heavy atom. The molecule has 29 heavy (non-hydrogen) atoms. The minimum atomic E-state index is -0.166. The molecule has 4 aliphatic rings. The van der Waals surface area contributed by atoms with Crippen molar-refractivity contribution in [3.63, 3.8) is 0 Å². The maximum absolute atomic E-state index is 13.0. The second-order valence-electron chi connectivity index (χ2n) is 10.2. The maximum atomic E-state index is 13.0. The van der Waals surface area contributed by atoms with Crippen molar-refractivity contribution in [1.29, 1.82) is 0 Å². The molecule has 4 fully saturated rings. The van der Waals surface area contributed by atoms with Crippen LogP contribution in [0.25, 0.3) is 10.8 Å². The zero-order valence-electron chi connectivity index (χ0n) is 17.5. The Bertz CT molecular complexity index is 972. The van der Waals surface area contributed by atoms with Gasteiger partial charge in [-0.15, -0.1) is 0 Å². The minimum absolute atomic E-state index is 0.0920. The van der Waals surface area contributed by atoms with Gasteiger partial charge in [0.15, 0.2) is 5.69 Å². The van der Waals surface area contributed by atoms with Crippen LogP contribution in [0, 0.1) is 23.2 Å². The predicted octanol–water partition coefficient (Wildman–Crippen LogP) is 4.31. The molecule has 6 rings (SSSR count). The van der Waals surface area contributed by atoms with Gasteiger partial charge in [-0.2, -0.15) is 5.10 Å². The molecule has 0 saturated heterocycles. The normalized spacial score (nSPS) is 30.2. The molecule has 154 valence electrons. The van der Waals surface area contributed by atoms with Crippen LogP contribution in [-0.2, 0) is 0 Å². The van der Waals surface area contributed by atoms with Crippen LogP contribution in [0.15, 0.2) is 29.1 Å². The molecule has 0 spiro atoms. The third kappa shape index (κ3) is 3.28. The summed E-state index contributed by atoms with van der Waals surface area (Å²) in [5, 5.41) is 8.77. The van der Waals surface area contributed by atoms with E-state index in [0.717, 1.165) is 24.2 Å². The minimum Gasteiger partial charge on any atom is -0.351 e. The largest absolute Gasteiger partial charge is 0.351 e. The molecule has 0 radical (unpaired) electrons. The highest BCUT2D eigenvalue weighted by Crippen LogP contribution is 2.61. The van der Waals surface area contributed by atoms with E-state index in [0.29, 0.717) is 28.4 Å². The van der Waals surface area contributed by atoms with Gasteiger partial charge in [-0.3, -0.25) is 9.59 Å². The summed E-state index contributed by atoms with van der Waals surface area (Å²) in [4.78, 5) is 25.7. The number of rotatable bonds is 5. The molecule has 4 saturated carbocycles. The van der Waals surface area contributed by atoms with Crippen LogP contribution in [0.3, 0.4) is 0 Å². The van der Waals surface area contributed by atoms with Gasteiger partial charge in [-0.1, -0.05) is 18.2 Å². The molecule has 1 aromatic heterocycles. The third-order valence-electron chi connectivity index (χ3n) is 7.64. The van der Waals surface area contributed by atoms with Crippen LogP contribution in [0.1, 0.15) is 75.3 Å². The standard InChI is InChI=1S/C24H31N3O2/c1-15(2)27-23(29)20-6-4-3-5-19(20)21(26-27)22(28)25-8-7-24-12-16-9-17(13-24)11-18(10-16)14-24/h3-6,15-18H,7-14H2,1-2H3,(H,25,28). The molecule has 4 aliphatic carbocycles. The highest BCUT2D eigenvalue weighted by atomic mass is 16.2. The number of nitrogens with one attached hydrogen (secondary N) is 1. The molecule has 0 atom stereocenters. The highest BCUT2D eigenvalue weighted by Gasteiger charge is 2.50. The first-order chi connectivity index (χ1) is 13.9. The first kappa shape index (κ1) is 18.8. The average molecular weight is 394 g/mol. The van der Waals surface area contributed by atoms with Crippen molar-refractivity contribution in [3.05, 3.63) is 40.3 Å². The van der Waals surface area contributed by atoms with Crippen LogP contribution < -0.4 is 10.9 Å². The summed E-state index contributed by atoms with van der Waals surface area (Å²) < 4.78 is 1.43. The van der Waals surface area contributed by atoms with Gasteiger partial charge in [0.25, 0.3) is 11.5 Å². The molecule has 5 nitrogen and oxygen atoms in total. The second-order valence-corrected chi connectivity index (χ2v) is 10.2. The van der Waals surface area contributed by atoms with Crippen molar-refractivity contribution in [2.75, 3.05) is 6.54 Å². The van der Waals surface area contributed by atoms with Crippen LogP contribution in [0.5, 0.6) is 0 Å². The van der Waals surface area contributed by atoms with Gasteiger partial charge in [0.1, 0.15) is 0 Å². The highest BCUT2D eigenvalue weighted by molar-refractivity contribution is 6.04. The Kier molecular flexibility index (Phi) is 4.52. The fraction of sp³-hybridized carbons (Fsp3) is 0.625. The molecule has 1 N–H and O–H groups in total. The van der Waals surface area contributed by atoms with Crippen molar-refractivity contribution >= 4 is 16.7 Å². The Balaban J connectivity index is 1.34. The van der Waals surface area contributed by atoms with Gasteiger partial charge in [-0.05, 0) is 88.0 Å².